The molecule has 2 atom stereocenters. The van der Waals surface area contributed by atoms with E-state index < -0.39 is 40.6 Å². The van der Waals surface area contributed by atoms with Gasteiger partial charge in [-0.25, -0.2) is 8.78 Å². The maximum Gasteiger partial charge on any atom is 0.295 e. The van der Waals surface area contributed by atoms with Gasteiger partial charge >= 0.3 is 0 Å². The third-order valence-electron chi connectivity index (χ3n) is 4.14. The van der Waals surface area contributed by atoms with Gasteiger partial charge in [0.05, 0.1) is 5.56 Å². The second kappa shape index (κ2) is 6.38. The van der Waals surface area contributed by atoms with E-state index in [1.54, 1.807) is 4.90 Å². The summed E-state index contributed by atoms with van der Waals surface area (Å²) in [5, 5.41) is 12.8. The fourth-order valence-corrected chi connectivity index (χ4v) is 3.14. The van der Waals surface area contributed by atoms with Gasteiger partial charge in [-0.05, 0) is 24.3 Å². The molecule has 134 valence electrons. The van der Waals surface area contributed by atoms with Gasteiger partial charge in [-0.2, -0.15) is 9.37 Å². The highest BCUT2D eigenvalue weighted by atomic mass is 19.2. The number of halogens is 3. The second-order valence-corrected chi connectivity index (χ2v) is 6.46. The number of aromatic nitrogens is 2. The zero-order valence-corrected chi connectivity index (χ0v) is 13.6. The van der Waals surface area contributed by atoms with E-state index in [9.17, 15) is 23.1 Å². The molecule has 9 heteroatoms. The molecule has 0 spiro atoms. The molecule has 2 aromatic rings. The minimum Gasteiger partial charge on any atom is -0.503 e. The molecule has 6 nitrogen and oxygen atoms in total. The number of nitrogens with zero attached hydrogens (tertiary/aromatic N) is 3. The van der Waals surface area contributed by atoms with Crippen LogP contribution < -0.4 is 0 Å². The zero-order chi connectivity index (χ0) is 18.3. The molecule has 1 saturated heterocycles. The molecule has 25 heavy (non-hydrogen) atoms. The Kier molecular flexibility index (Phi) is 4.40. The molecule has 1 aliphatic rings. The Morgan fingerprint density at radius 3 is 2.52 bits per heavy atom. The summed E-state index contributed by atoms with van der Waals surface area (Å²) in [6, 6.07) is 0.483. The van der Waals surface area contributed by atoms with Crippen molar-refractivity contribution >= 4 is 5.91 Å². The van der Waals surface area contributed by atoms with Crippen LogP contribution in [0.2, 0.25) is 0 Å². The summed E-state index contributed by atoms with van der Waals surface area (Å²) in [5.41, 5.74) is -0.622. The first-order valence-corrected chi connectivity index (χ1v) is 7.77. The number of amides is 1. The fraction of sp³-hybridized carbons (Fsp3) is 0.438. The van der Waals surface area contributed by atoms with Gasteiger partial charge in [0.2, 0.25) is 5.82 Å². The molecule has 1 aromatic heterocycles. The number of carbonyl (C=O) groups is 1. The summed E-state index contributed by atoms with van der Waals surface area (Å²) in [5.74, 6) is -6.79. The number of carbonyl (C=O) groups excluding carboxylic acids is 1. The average molecular weight is 355 g/mol. The van der Waals surface area contributed by atoms with Gasteiger partial charge in [-0.3, -0.25) is 4.79 Å². The van der Waals surface area contributed by atoms with E-state index in [2.05, 4.69) is 10.1 Å². The van der Waals surface area contributed by atoms with Gasteiger partial charge in [-0.1, -0.05) is 19.0 Å². The standard InChI is InChI=1S/C16H16F3N3O3/c1-7-3-8(2)6-22(5-7)16(24)14-20-15(25-21-14)9-4-10(17)12(19)13(23)11(9)18/h4,7-8,23H,3,5-6H2,1-2H3/t7-,8+. The summed E-state index contributed by atoms with van der Waals surface area (Å²) < 4.78 is 45.2. The predicted molar refractivity (Wildman–Crippen MR) is 80.1 cm³/mol. The summed E-state index contributed by atoms with van der Waals surface area (Å²) in [7, 11) is 0. The molecule has 1 aliphatic heterocycles. The van der Waals surface area contributed by atoms with Crippen LogP contribution in [0.25, 0.3) is 11.5 Å². The van der Waals surface area contributed by atoms with Crippen molar-refractivity contribution in [2.24, 2.45) is 11.8 Å². The highest BCUT2D eigenvalue weighted by Gasteiger charge is 2.30. The largest absolute Gasteiger partial charge is 0.503 e. The molecule has 1 fully saturated rings. The first kappa shape index (κ1) is 17.2. The number of benzene rings is 1. The number of likely N-dealkylation sites (tertiary alicyclic amines) is 1. The number of hydrogen-bond acceptors (Lipinski definition) is 5. The lowest BCUT2D eigenvalue weighted by molar-refractivity contribution is 0.0607. The molecule has 0 saturated carbocycles. The monoisotopic (exact) mass is 355 g/mol. The van der Waals surface area contributed by atoms with Gasteiger partial charge in [-0.15, -0.1) is 0 Å². The van der Waals surface area contributed by atoms with E-state index in [1.807, 2.05) is 13.8 Å². The first-order chi connectivity index (χ1) is 11.8. The Bertz CT molecular complexity index is 814. The predicted octanol–water partition coefficient (Wildman–Crippen LogP) is 2.98. The fourth-order valence-electron chi connectivity index (χ4n) is 3.14. The van der Waals surface area contributed by atoms with Crippen LogP contribution in [-0.4, -0.2) is 39.1 Å². The topological polar surface area (TPSA) is 79.5 Å². The Hall–Kier alpha value is -2.58. The van der Waals surface area contributed by atoms with Gasteiger partial charge in [0, 0.05) is 13.1 Å². The highest BCUT2D eigenvalue weighted by Crippen LogP contribution is 2.32. The number of hydrogen-bond donors (Lipinski definition) is 1. The van der Waals surface area contributed by atoms with Crippen molar-refractivity contribution in [2.45, 2.75) is 20.3 Å². The van der Waals surface area contributed by atoms with Gasteiger partial charge in [0.25, 0.3) is 17.6 Å². The van der Waals surface area contributed by atoms with Crippen molar-refractivity contribution in [3.05, 3.63) is 29.3 Å². The molecule has 2 heterocycles. The van der Waals surface area contributed by atoms with Gasteiger partial charge in [0.15, 0.2) is 17.4 Å². The number of piperidine rings is 1. The Balaban J connectivity index is 1.89. The van der Waals surface area contributed by atoms with Crippen molar-refractivity contribution in [1.82, 2.24) is 15.0 Å². The maximum atomic E-state index is 13.9. The lowest BCUT2D eigenvalue weighted by Gasteiger charge is -2.34. The Morgan fingerprint density at radius 1 is 1.24 bits per heavy atom. The Morgan fingerprint density at radius 2 is 1.88 bits per heavy atom. The lowest BCUT2D eigenvalue weighted by atomic mass is 9.92. The van der Waals surface area contributed by atoms with Crippen molar-refractivity contribution in [2.75, 3.05) is 13.1 Å². The van der Waals surface area contributed by atoms with E-state index >= 15 is 0 Å². The maximum absolute atomic E-state index is 13.9. The number of aromatic hydroxyl groups is 1. The van der Waals surface area contributed by atoms with E-state index in [-0.39, 0.29) is 5.82 Å². The smallest absolute Gasteiger partial charge is 0.295 e. The Labute approximate surface area is 141 Å². The minimum absolute atomic E-state index is 0.306. The third kappa shape index (κ3) is 3.18. The number of phenolic OH excluding ortho intramolecular Hbond substituents is 1. The number of phenols is 1. The first-order valence-electron chi connectivity index (χ1n) is 7.77. The number of rotatable bonds is 2. The molecular weight excluding hydrogens is 339 g/mol. The van der Waals surface area contributed by atoms with E-state index in [4.69, 9.17) is 4.52 Å². The summed E-state index contributed by atoms with van der Waals surface area (Å²) in [6.45, 7) is 5.12. The molecule has 0 aliphatic carbocycles. The SMILES string of the molecule is C[C@@H]1C[C@H](C)CN(C(=O)c2noc(-c3cc(F)c(F)c(O)c3F)n2)C1. The molecule has 1 aromatic carbocycles. The summed E-state index contributed by atoms with van der Waals surface area (Å²) in [4.78, 5) is 17.8. The molecule has 1 N–H and O–H groups in total. The molecule has 0 unspecified atom stereocenters. The third-order valence-corrected chi connectivity index (χ3v) is 4.14. The van der Waals surface area contributed by atoms with Crippen LogP contribution >= 0.6 is 0 Å². The minimum atomic E-state index is -1.71. The van der Waals surface area contributed by atoms with Crippen molar-refractivity contribution < 1.29 is 27.6 Å². The average Bonchev–Trinajstić information content (AvgIpc) is 3.04. The normalized spacial score (nSPS) is 20.8. The molecule has 0 radical (unpaired) electrons. The van der Waals surface area contributed by atoms with Crippen LogP contribution in [0.4, 0.5) is 13.2 Å². The van der Waals surface area contributed by atoms with Crippen LogP contribution in [0.5, 0.6) is 5.75 Å². The van der Waals surface area contributed by atoms with Crippen molar-refractivity contribution in [3.63, 3.8) is 0 Å². The second-order valence-electron chi connectivity index (χ2n) is 6.46. The van der Waals surface area contributed by atoms with Crippen molar-refractivity contribution in [3.8, 4) is 17.2 Å². The van der Waals surface area contributed by atoms with Crippen LogP contribution in [0.3, 0.4) is 0 Å². The quantitative estimate of drug-likeness (QED) is 0.838. The molecule has 3 rings (SSSR count). The zero-order valence-electron chi connectivity index (χ0n) is 13.6. The molecule has 1 amide bonds. The van der Waals surface area contributed by atoms with E-state index in [0.717, 1.165) is 6.42 Å². The van der Waals surface area contributed by atoms with Crippen LogP contribution in [0.1, 0.15) is 30.9 Å². The highest BCUT2D eigenvalue weighted by molar-refractivity contribution is 5.90. The molecule has 0 bridgehead atoms. The molecular formula is C16H16F3N3O3. The summed E-state index contributed by atoms with van der Waals surface area (Å²) >= 11 is 0. The van der Waals surface area contributed by atoms with Crippen LogP contribution in [0, 0.1) is 29.3 Å². The van der Waals surface area contributed by atoms with E-state index in [1.165, 1.54) is 0 Å². The van der Waals surface area contributed by atoms with Crippen molar-refractivity contribution in [1.29, 1.82) is 0 Å². The lowest BCUT2D eigenvalue weighted by Crippen LogP contribution is -2.42. The summed E-state index contributed by atoms with van der Waals surface area (Å²) in [6.07, 6.45) is 1.00. The van der Waals surface area contributed by atoms with Crippen LogP contribution in [-0.2, 0) is 0 Å². The van der Waals surface area contributed by atoms with E-state index in [0.29, 0.717) is 31.0 Å². The van der Waals surface area contributed by atoms with Gasteiger partial charge < -0.3 is 14.5 Å². The van der Waals surface area contributed by atoms with Gasteiger partial charge in [0.1, 0.15) is 0 Å². The van der Waals surface area contributed by atoms with Crippen LogP contribution in [0.15, 0.2) is 10.6 Å².